The van der Waals surface area contributed by atoms with Crippen LogP contribution in [0.25, 0.3) is 0 Å². The Morgan fingerprint density at radius 1 is 0.750 bits per heavy atom. The van der Waals surface area contributed by atoms with Gasteiger partial charge in [-0.1, -0.05) is 66.7 Å². The van der Waals surface area contributed by atoms with E-state index in [1.54, 1.807) is 72.1 Å². The average molecular weight is 736 g/mol. The summed E-state index contributed by atoms with van der Waals surface area (Å²) in [5.41, 5.74) is 0.355. The monoisotopic (exact) mass is 735 g/mol. The number of thiophene rings is 1. The highest BCUT2D eigenvalue weighted by molar-refractivity contribution is 7.09. The average Bonchev–Trinajstić information content (AvgIpc) is 3.63. The smallest absolute Gasteiger partial charge is 0.416 e. The lowest BCUT2D eigenvalue weighted by Crippen LogP contribution is -2.57. The van der Waals surface area contributed by atoms with Crippen molar-refractivity contribution in [3.63, 3.8) is 0 Å². The molecule has 0 radical (unpaired) electrons. The Balaban J connectivity index is 1.52. The summed E-state index contributed by atoms with van der Waals surface area (Å²) in [5, 5.41) is 19.7. The molecule has 0 fully saturated rings. The summed E-state index contributed by atoms with van der Waals surface area (Å²) >= 11 is 1.33. The van der Waals surface area contributed by atoms with Gasteiger partial charge in [0.1, 0.15) is 17.8 Å². The molecule has 4 aromatic rings. The van der Waals surface area contributed by atoms with Crippen LogP contribution in [0.5, 0.6) is 5.75 Å². The molecule has 0 unspecified atom stereocenters. The summed E-state index contributed by atoms with van der Waals surface area (Å²) in [6.07, 6.45) is -5.53. The number of Topliss-reactive ketones (excluding diaryl/α,β-unsaturated/α-hetero) is 1. The lowest BCUT2D eigenvalue weighted by atomic mass is 9.90. The number of fused-ring (bicyclic) bond motifs is 16. The van der Waals surface area contributed by atoms with Crippen molar-refractivity contribution < 1.29 is 47.0 Å². The number of hydrogen-bond acceptors (Lipinski definition) is 7. The lowest BCUT2D eigenvalue weighted by molar-refractivity contribution is -0.144. The zero-order chi connectivity index (χ0) is 37.3. The fourth-order valence-corrected chi connectivity index (χ4v) is 6.57. The Labute approximate surface area is 301 Å². The zero-order valence-electron chi connectivity index (χ0n) is 27.7. The molecule has 6 rings (SSSR count). The van der Waals surface area contributed by atoms with Crippen LogP contribution < -0.4 is 20.7 Å². The SMILES string of the molecule is O=C1COc2ccc(cc2)C[C@@H](C(=O)O)CC(=O)[C@H](Cc2ccccc2)NC(=O)[C@H](Cc2cccc(C(F)(F)F)c2)NC(=O)[C@H](Cc2cccs2)N1. The quantitative estimate of drug-likeness (QED) is 0.204. The van der Waals surface area contributed by atoms with Gasteiger partial charge in [0.05, 0.1) is 17.5 Å². The van der Waals surface area contributed by atoms with Gasteiger partial charge in [0.15, 0.2) is 12.4 Å². The number of rotatable bonds is 7. The molecule has 3 amide bonds. The van der Waals surface area contributed by atoms with E-state index in [-0.39, 0.29) is 24.8 Å². The number of ketones is 1. The number of nitrogens with one attached hydrogen (secondary N) is 3. The second-order valence-corrected chi connectivity index (χ2v) is 13.5. The summed E-state index contributed by atoms with van der Waals surface area (Å²) in [7, 11) is 0. The predicted molar refractivity (Wildman–Crippen MR) is 185 cm³/mol. The molecule has 272 valence electrons. The Bertz CT molecular complexity index is 1870. The number of benzene rings is 3. The second-order valence-electron chi connectivity index (χ2n) is 12.5. The summed E-state index contributed by atoms with van der Waals surface area (Å²) in [4.78, 5) is 68.0. The van der Waals surface area contributed by atoms with Crippen LogP contribution in [-0.2, 0) is 55.8 Å². The third-order valence-electron chi connectivity index (χ3n) is 8.52. The van der Waals surface area contributed by atoms with E-state index in [0.29, 0.717) is 16.9 Å². The number of aliphatic carboxylic acids is 1. The predicted octanol–water partition coefficient (Wildman–Crippen LogP) is 4.54. The largest absolute Gasteiger partial charge is 0.484 e. The molecule has 0 spiro atoms. The maximum atomic E-state index is 14.1. The fraction of sp³-hybridized carbons (Fsp3) is 0.289. The number of amides is 3. The van der Waals surface area contributed by atoms with Gasteiger partial charge in [0, 0.05) is 24.1 Å². The van der Waals surface area contributed by atoms with Gasteiger partial charge in [-0.3, -0.25) is 24.0 Å². The van der Waals surface area contributed by atoms with E-state index >= 15 is 0 Å². The van der Waals surface area contributed by atoms with E-state index < -0.39 is 84.7 Å². The summed E-state index contributed by atoms with van der Waals surface area (Å²) < 4.78 is 46.5. The molecular formula is C38H36F3N3O7S. The van der Waals surface area contributed by atoms with Crippen LogP contribution in [0, 0.1) is 5.92 Å². The van der Waals surface area contributed by atoms with Crippen LogP contribution in [0.15, 0.2) is 96.4 Å². The minimum atomic E-state index is -4.68. The lowest BCUT2D eigenvalue weighted by Gasteiger charge is -2.26. The van der Waals surface area contributed by atoms with Gasteiger partial charge in [0.25, 0.3) is 5.91 Å². The third kappa shape index (κ3) is 10.8. The summed E-state index contributed by atoms with van der Waals surface area (Å²) in [6.45, 7) is -0.477. The van der Waals surface area contributed by atoms with E-state index in [4.69, 9.17) is 4.74 Å². The van der Waals surface area contributed by atoms with Crippen molar-refractivity contribution >= 4 is 40.8 Å². The van der Waals surface area contributed by atoms with Crippen molar-refractivity contribution in [2.75, 3.05) is 6.61 Å². The topological polar surface area (TPSA) is 151 Å². The van der Waals surface area contributed by atoms with Gasteiger partial charge in [0.2, 0.25) is 11.8 Å². The first-order valence-corrected chi connectivity index (χ1v) is 17.3. The maximum absolute atomic E-state index is 14.1. The van der Waals surface area contributed by atoms with Crippen molar-refractivity contribution in [1.82, 2.24) is 16.0 Å². The maximum Gasteiger partial charge on any atom is 0.416 e. The van der Waals surface area contributed by atoms with Crippen LogP contribution in [0.2, 0.25) is 0 Å². The first kappa shape index (κ1) is 37.7. The molecule has 10 nitrogen and oxygen atoms in total. The van der Waals surface area contributed by atoms with Crippen LogP contribution >= 0.6 is 11.3 Å². The molecular weight excluding hydrogens is 699 g/mol. The molecule has 0 saturated carbocycles. The Morgan fingerprint density at radius 3 is 2.06 bits per heavy atom. The summed E-state index contributed by atoms with van der Waals surface area (Å²) in [5.74, 6) is -5.02. The highest BCUT2D eigenvalue weighted by Gasteiger charge is 2.34. The number of carboxylic acids is 1. The molecule has 52 heavy (non-hydrogen) atoms. The van der Waals surface area contributed by atoms with Gasteiger partial charge >= 0.3 is 12.1 Å². The molecule has 1 aromatic heterocycles. The van der Waals surface area contributed by atoms with Crippen molar-refractivity contribution in [1.29, 1.82) is 0 Å². The molecule has 0 aliphatic carbocycles. The van der Waals surface area contributed by atoms with Crippen LogP contribution in [0.4, 0.5) is 13.2 Å². The number of carboxylic acid groups (broad SMARTS) is 1. The third-order valence-corrected chi connectivity index (χ3v) is 9.42. The molecule has 4 N–H and O–H groups in total. The molecule has 2 bridgehead atoms. The van der Waals surface area contributed by atoms with E-state index in [9.17, 15) is 42.3 Å². The number of carbonyl (C=O) groups is 5. The van der Waals surface area contributed by atoms with Crippen molar-refractivity contribution in [3.05, 3.63) is 124 Å². The summed E-state index contributed by atoms with van der Waals surface area (Å²) in [6, 6.07) is 18.9. The molecule has 0 saturated heterocycles. The standard InChI is InChI=1S/C38H36F3N3O7S/c39-38(40,41)27-9-4-8-25(17-27)19-31-35(47)43-30(18-23-6-2-1-3-7-23)33(45)20-26(37(49)50)16-24-11-13-28(14-12-24)51-22-34(46)42-32(36(48)44-31)21-29-10-5-15-52-29/h1-15,17,26,30-32H,16,18-22H2,(H,42,46)(H,43,47)(H,44,48)(H,49,50)/t26-,30+,31+,32+/m1/s1. The van der Waals surface area contributed by atoms with Crippen LogP contribution in [0.3, 0.4) is 0 Å². The first-order valence-electron chi connectivity index (χ1n) is 16.4. The number of hydrogen-bond donors (Lipinski definition) is 4. The van der Waals surface area contributed by atoms with Crippen LogP contribution in [-0.4, -0.2) is 59.3 Å². The Kier molecular flexibility index (Phi) is 12.4. The number of halogens is 3. The van der Waals surface area contributed by atoms with Gasteiger partial charge < -0.3 is 25.8 Å². The Morgan fingerprint density at radius 2 is 1.40 bits per heavy atom. The van der Waals surface area contributed by atoms with Crippen molar-refractivity contribution in [3.8, 4) is 5.75 Å². The van der Waals surface area contributed by atoms with Gasteiger partial charge in [-0.05, 0) is 59.2 Å². The van der Waals surface area contributed by atoms with Crippen molar-refractivity contribution in [2.45, 2.75) is 56.4 Å². The van der Waals surface area contributed by atoms with Crippen molar-refractivity contribution in [2.24, 2.45) is 5.92 Å². The molecule has 2 aliphatic heterocycles. The molecule has 2 aliphatic rings. The second kappa shape index (κ2) is 17.1. The van der Waals surface area contributed by atoms with Gasteiger partial charge in [-0.15, -0.1) is 11.3 Å². The minimum Gasteiger partial charge on any atom is -0.484 e. The molecule has 14 heteroatoms. The zero-order valence-corrected chi connectivity index (χ0v) is 28.5. The number of alkyl halides is 3. The molecule has 3 aromatic carbocycles. The molecule has 4 atom stereocenters. The number of ether oxygens (including phenoxy) is 1. The highest BCUT2D eigenvalue weighted by Crippen LogP contribution is 2.30. The Hall–Kier alpha value is -5.50. The van der Waals surface area contributed by atoms with E-state index in [1.165, 1.54) is 23.5 Å². The van der Waals surface area contributed by atoms with E-state index in [2.05, 4.69) is 16.0 Å². The van der Waals surface area contributed by atoms with Crippen LogP contribution in [0.1, 0.15) is 33.6 Å². The minimum absolute atomic E-state index is 0.0214. The molecule has 3 heterocycles. The fourth-order valence-electron chi connectivity index (χ4n) is 5.82. The normalized spacial score (nSPS) is 20.8. The van der Waals surface area contributed by atoms with Gasteiger partial charge in [-0.2, -0.15) is 13.2 Å². The number of carbonyl (C=O) groups excluding carboxylic acids is 4. The van der Waals surface area contributed by atoms with E-state index in [0.717, 1.165) is 17.0 Å². The highest BCUT2D eigenvalue weighted by atomic mass is 32.1. The first-order chi connectivity index (χ1) is 24.8. The van der Waals surface area contributed by atoms with Gasteiger partial charge in [-0.25, -0.2) is 0 Å². The van der Waals surface area contributed by atoms with E-state index in [1.807, 2.05) is 0 Å².